The molecular formula is C24H28BrN3O4. The number of methoxy groups -OCH3 is 1. The van der Waals surface area contributed by atoms with E-state index < -0.39 is 0 Å². The van der Waals surface area contributed by atoms with E-state index in [1.54, 1.807) is 7.11 Å². The van der Waals surface area contributed by atoms with E-state index in [9.17, 15) is 9.59 Å². The molecule has 0 spiro atoms. The second-order valence-corrected chi connectivity index (χ2v) is 8.90. The first-order valence-electron chi connectivity index (χ1n) is 11.0. The summed E-state index contributed by atoms with van der Waals surface area (Å²) in [6, 6.07) is 11.5. The van der Waals surface area contributed by atoms with Gasteiger partial charge in [0.1, 0.15) is 11.4 Å². The van der Waals surface area contributed by atoms with Crippen molar-refractivity contribution in [1.82, 2.24) is 14.8 Å². The lowest BCUT2D eigenvalue weighted by molar-refractivity contribution is -0.126. The highest BCUT2D eigenvalue weighted by Gasteiger charge is 2.30. The predicted octanol–water partition coefficient (Wildman–Crippen LogP) is 4.43. The number of rotatable bonds is 7. The molecule has 1 saturated heterocycles. The van der Waals surface area contributed by atoms with Crippen molar-refractivity contribution in [3.8, 4) is 5.75 Å². The van der Waals surface area contributed by atoms with E-state index in [4.69, 9.17) is 9.15 Å². The van der Waals surface area contributed by atoms with Crippen molar-refractivity contribution < 1.29 is 18.7 Å². The van der Waals surface area contributed by atoms with E-state index in [1.165, 1.54) is 0 Å². The van der Waals surface area contributed by atoms with E-state index in [1.807, 2.05) is 52.8 Å². The van der Waals surface area contributed by atoms with Gasteiger partial charge in [-0.05, 0) is 52.9 Å². The Morgan fingerprint density at radius 2 is 1.91 bits per heavy atom. The van der Waals surface area contributed by atoms with Crippen LogP contribution in [0, 0.1) is 5.92 Å². The van der Waals surface area contributed by atoms with E-state index in [0.29, 0.717) is 55.0 Å². The van der Waals surface area contributed by atoms with Gasteiger partial charge >= 0.3 is 0 Å². The minimum Gasteiger partial charge on any atom is -0.497 e. The van der Waals surface area contributed by atoms with Crippen molar-refractivity contribution >= 4 is 38.8 Å². The molecule has 170 valence electrons. The number of ether oxygens (including phenoxy) is 1. The van der Waals surface area contributed by atoms with E-state index in [2.05, 4.69) is 21.2 Å². The highest BCUT2D eigenvalue weighted by atomic mass is 79.9. The van der Waals surface area contributed by atoms with Crippen LogP contribution in [0.2, 0.25) is 0 Å². The Bertz CT molecular complexity index is 1090. The highest BCUT2D eigenvalue weighted by Crippen LogP contribution is 2.29. The largest absolute Gasteiger partial charge is 0.497 e. The summed E-state index contributed by atoms with van der Waals surface area (Å²) >= 11 is 3.39. The van der Waals surface area contributed by atoms with Gasteiger partial charge in [-0.1, -0.05) is 19.1 Å². The van der Waals surface area contributed by atoms with Crippen LogP contribution in [-0.4, -0.2) is 48.0 Å². The number of carbonyl (C=O) groups excluding carboxylic acids is 2. The number of likely N-dealkylation sites (tertiary alicyclic amines) is 1. The van der Waals surface area contributed by atoms with Crippen LogP contribution in [0.25, 0.3) is 11.1 Å². The third kappa shape index (κ3) is 4.70. The molecular weight excluding hydrogens is 474 g/mol. The van der Waals surface area contributed by atoms with Crippen molar-refractivity contribution in [1.29, 1.82) is 0 Å². The molecule has 0 unspecified atom stereocenters. The number of nitrogens with zero attached hydrogens (tertiary/aromatic N) is 2. The van der Waals surface area contributed by atoms with Crippen LogP contribution >= 0.6 is 15.9 Å². The first kappa shape index (κ1) is 22.5. The number of fused-ring (bicyclic) bond motifs is 1. The van der Waals surface area contributed by atoms with Gasteiger partial charge in [0.05, 0.1) is 12.6 Å². The van der Waals surface area contributed by atoms with Crippen LogP contribution < -0.4 is 10.1 Å². The predicted molar refractivity (Wildman–Crippen MR) is 126 cm³/mol. The SMILES string of the molecule is CCCNC(=O)C1CCN(C(=O)c2cc3oc(Br)cc3n2Cc2ccc(OC)cc2)CC1. The number of furan rings is 1. The Morgan fingerprint density at radius 3 is 2.56 bits per heavy atom. The Balaban J connectivity index is 1.53. The summed E-state index contributed by atoms with van der Waals surface area (Å²) < 4.78 is 13.6. The molecule has 3 heterocycles. The number of nitrogens with one attached hydrogen (secondary N) is 1. The molecule has 4 rings (SSSR count). The lowest BCUT2D eigenvalue weighted by Gasteiger charge is -2.31. The van der Waals surface area contributed by atoms with E-state index in [-0.39, 0.29) is 17.7 Å². The zero-order chi connectivity index (χ0) is 22.7. The number of halogens is 1. The maximum absolute atomic E-state index is 13.4. The average Bonchev–Trinajstić information content (AvgIpc) is 3.34. The van der Waals surface area contributed by atoms with Gasteiger partial charge in [-0.3, -0.25) is 9.59 Å². The second-order valence-electron chi connectivity index (χ2n) is 8.12. The Kier molecular flexibility index (Phi) is 6.89. The number of benzene rings is 1. The van der Waals surface area contributed by atoms with Gasteiger partial charge < -0.3 is 23.9 Å². The van der Waals surface area contributed by atoms with Crippen molar-refractivity contribution in [3.63, 3.8) is 0 Å². The molecule has 1 fully saturated rings. The number of carbonyl (C=O) groups is 2. The molecule has 0 radical (unpaired) electrons. The summed E-state index contributed by atoms with van der Waals surface area (Å²) in [5, 5.41) is 2.97. The Morgan fingerprint density at radius 1 is 1.19 bits per heavy atom. The van der Waals surface area contributed by atoms with Crippen LogP contribution in [-0.2, 0) is 11.3 Å². The van der Waals surface area contributed by atoms with E-state index >= 15 is 0 Å². The number of aromatic nitrogens is 1. The fourth-order valence-corrected chi connectivity index (χ4v) is 4.56. The lowest BCUT2D eigenvalue weighted by atomic mass is 9.95. The van der Waals surface area contributed by atoms with Crippen LogP contribution in [0.4, 0.5) is 0 Å². The fourth-order valence-electron chi connectivity index (χ4n) is 4.17. The quantitative estimate of drug-likeness (QED) is 0.519. The van der Waals surface area contributed by atoms with Gasteiger partial charge in [-0.2, -0.15) is 0 Å². The molecule has 0 saturated carbocycles. The number of piperidine rings is 1. The summed E-state index contributed by atoms with van der Waals surface area (Å²) in [5.41, 5.74) is 3.18. The Hall–Kier alpha value is -2.74. The monoisotopic (exact) mass is 501 g/mol. The molecule has 1 aliphatic heterocycles. The van der Waals surface area contributed by atoms with E-state index in [0.717, 1.165) is 23.3 Å². The van der Waals surface area contributed by atoms with Gasteiger partial charge in [0.2, 0.25) is 5.91 Å². The molecule has 8 heteroatoms. The minimum atomic E-state index is -0.0338. The van der Waals surface area contributed by atoms with Crippen LogP contribution in [0.3, 0.4) is 0 Å². The molecule has 0 aliphatic carbocycles. The van der Waals surface area contributed by atoms with Gasteiger partial charge in [-0.25, -0.2) is 0 Å². The standard InChI is InChI=1S/C24H28BrN3O4/c1-3-10-26-23(29)17-8-11-27(12-9-17)24(30)20-13-21-19(14-22(25)32-21)28(20)15-16-4-6-18(31-2)7-5-16/h4-7,13-14,17H,3,8-12,15H2,1-2H3,(H,26,29). The molecule has 3 aromatic rings. The number of hydrogen-bond donors (Lipinski definition) is 1. The maximum atomic E-state index is 13.4. The van der Waals surface area contributed by atoms with Crippen LogP contribution in [0.5, 0.6) is 5.75 Å². The average molecular weight is 502 g/mol. The van der Waals surface area contributed by atoms with Crippen molar-refractivity contribution in [2.75, 3.05) is 26.7 Å². The Labute approximate surface area is 195 Å². The second kappa shape index (κ2) is 9.81. The summed E-state index contributed by atoms with van der Waals surface area (Å²) in [6.45, 7) is 4.42. The summed E-state index contributed by atoms with van der Waals surface area (Å²) in [5.74, 6) is 0.834. The van der Waals surface area contributed by atoms with Gasteiger partial charge in [0, 0.05) is 44.2 Å². The first-order valence-corrected chi connectivity index (χ1v) is 11.8. The van der Waals surface area contributed by atoms with Crippen molar-refractivity contribution in [2.45, 2.75) is 32.7 Å². The normalized spacial score (nSPS) is 14.7. The summed E-state index contributed by atoms with van der Waals surface area (Å²) in [7, 11) is 1.64. The smallest absolute Gasteiger partial charge is 0.270 e. The molecule has 1 aromatic carbocycles. The molecule has 1 N–H and O–H groups in total. The highest BCUT2D eigenvalue weighted by molar-refractivity contribution is 9.10. The molecule has 0 atom stereocenters. The molecule has 2 amide bonds. The van der Waals surface area contributed by atoms with Gasteiger partial charge in [-0.15, -0.1) is 0 Å². The third-order valence-electron chi connectivity index (χ3n) is 5.98. The number of amides is 2. The first-order chi connectivity index (χ1) is 15.5. The van der Waals surface area contributed by atoms with Crippen molar-refractivity contribution in [2.24, 2.45) is 5.92 Å². The molecule has 0 bridgehead atoms. The summed E-state index contributed by atoms with van der Waals surface area (Å²) in [6.07, 6.45) is 2.29. The van der Waals surface area contributed by atoms with Crippen LogP contribution in [0.15, 0.2) is 45.5 Å². The molecule has 32 heavy (non-hydrogen) atoms. The molecule has 2 aromatic heterocycles. The third-order valence-corrected chi connectivity index (χ3v) is 6.37. The van der Waals surface area contributed by atoms with Crippen LogP contribution in [0.1, 0.15) is 42.2 Å². The maximum Gasteiger partial charge on any atom is 0.270 e. The van der Waals surface area contributed by atoms with Gasteiger partial charge in [0.15, 0.2) is 10.3 Å². The van der Waals surface area contributed by atoms with Crippen molar-refractivity contribution in [3.05, 3.63) is 52.3 Å². The molecule has 1 aliphatic rings. The lowest BCUT2D eigenvalue weighted by Crippen LogP contribution is -2.43. The zero-order valence-electron chi connectivity index (χ0n) is 18.4. The number of hydrogen-bond acceptors (Lipinski definition) is 4. The zero-order valence-corrected chi connectivity index (χ0v) is 20.0. The summed E-state index contributed by atoms with van der Waals surface area (Å²) in [4.78, 5) is 27.6. The molecule has 7 nitrogen and oxygen atoms in total. The fraction of sp³-hybridized carbons (Fsp3) is 0.417. The topological polar surface area (TPSA) is 76.7 Å². The minimum absolute atomic E-state index is 0.0242. The van der Waals surface area contributed by atoms with Gasteiger partial charge in [0.25, 0.3) is 5.91 Å².